The van der Waals surface area contributed by atoms with Crippen molar-refractivity contribution in [1.29, 1.82) is 5.26 Å². The lowest BCUT2D eigenvalue weighted by atomic mass is 10.2. The quantitative estimate of drug-likeness (QED) is 0.632. The lowest BCUT2D eigenvalue weighted by molar-refractivity contribution is -0.117. The van der Waals surface area contributed by atoms with Crippen LogP contribution in [0.1, 0.15) is 19.4 Å². The molecule has 0 aliphatic carbocycles. The third-order valence-electron chi connectivity index (χ3n) is 2.82. The van der Waals surface area contributed by atoms with E-state index in [0.29, 0.717) is 18.0 Å². The molecule has 1 aliphatic rings. The van der Waals surface area contributed by atoms with Gasteiger partial charge in [-0.05, 0) is 31.5 Å². The molecule has 0 saturated heterocycles. The first-order valence-corrected chi connectivity index (χ1v) is 6.63. The van der Waals surface area contributed by atoms with Crippen molar-refractivity contribution >= 4 is 5.91 Å². The third kappa shape index (κ3) is 3.89. The number of hydrogen-bond acceptors (Lipinski definition) is 5. The Balaban J connectivity index is 1.94. The predicted octanol–water partition coefficient (Wildman–Crippen LogP) is 1.44. The Morgan fingerprint density at radius 1 is 1.43 bits per heavy atom. The number of carbonyl (C=O) groups is 1. The predicted molar refractivity (Wildman–Crippen MR) is 76.4 cm³/mol. The van der Waals surface area contributed by atoms with Crippen LogP contribution in [0.3, 0.4) is 0 Å². The second-order valence-electron chi connectivity index (χ2n) is 4.86. The van der Waals surface area contributed by atoms with E-state index in [1.54, 1.807) is 6.07 Å². The summed E-state index contributed by atoms with van der Waals surface area (Å²) in [6, 6.07) is 7.49. The van der Waals surface area contributed by atoms with Gasteiger partial charge in [-0.1, -0.05) is 6.07 Å². The SMILES string of the molecule is CC(C)N/C=C(/C#N)C(=O)NCc1ccc2c(c1)OCO2. The highest BCUT2D eigenvalue weighted by Gasteiger charge is 2.14. The highest BCUT2D eigenvalue weighted by molar-refractivity contribution is 5.97. The van der Waals surface area contributed by atoms with Gasteiger partial charge in [0, 0.05) is 18.8 Å². The number of nitrogens with zero attached hydrogens (tertiary/aromatic N) is 1. The molecule has 1 amide bonds. The zero-order valence-electron chi connectivity index (χ0n) is 12.0. The summed E-state index contributed by atoms with van der Waals surface area (Å²) >= 11 is 0. The summed E-state index contributed by atoms with van der Waals surface area (Å²) in [5, 5.41) is 14.6. The monoisotopic (exact) mass is 287 g/mol. The fourth-order valence-corrected chi connectivity index (χ4v) is 1.73. The van der Waals surface area contributed by atoms with Crippen molar-refractivity contribution < 1.29 is 14.3 Å². The van der Waals surface area contributed by atoms with Gasteiger partial charge in [-0.25, -0.2) is 0 Å². The van der Waals surface area contributed by atoms with E-state index in [4.69, 9.17) is 14.7 Å². The van der Waals surface area contributed by atoms with E-state index in [2.05, 4.69) is 10.6 Å². The Morgan fingerprint density at radius 2 is 2.19 bits per heavy atom. The fourth-order valence-electron chi connectivity index (χ4n) is 1.73. The van der Waals surface area contributed by atoms with Crippen LogP contribution >= 0.6 is 0 Å². The Kier molecular flexibility index (Phi) is 4.67. The van der Waals surface area contributed by atoms with E-state index >= 15 is 0 Å². The maximum Gasteiger partial charge on any atom is 0.263 e. The summed E-state index contributed by atoms with van der Waals surface area (Å²) in [6.07, 6.45) is 1.43. The van der Waals surface area contributed by atoms with Gasteiger partial charge in [-0.2, -0.15) is 5.26 Å². The molecule has 21 heavy (non-hydrogen) atoms. The topological polar surface area (TPSA) is 83.4 Å². The smallest absolute Gasteiger partial charge is 0.263 e. The molecule has 6 nitrogen and oxygen atoms in total. The molecule has 2 N–H and O–H groups in total. The van der Waals surface area contributed by atoms with Crippen molar-refractivity contribution in [3.8, 4) is 17.6 Å². The first-order valence-electron chi connectivity index (χ1n) is 6.63. The molecular formula is C15H17N3O3. The van der Waals surface area contributed by atoms with Crippen LogP contribution in [0.15, 0.2) is 30.0 Å². The number of nitriles is 1. The molecule has 6 heteroatoms. The lowest BCUT2D eigenvalue weighted by Gasteiger charge is -2.07. The van der Waals surface area contributed by atoms with Crippen LogP contribution in [0.25, 0.3) is 0 Å². The lowest BCUT2D eigenvalue weighted by Crippen LogP contribution is -2.26. The van der Waals surface area contributed by atoms with Gasteiger partial charge >= 0.3 is 0 Å². The van der Waals surface area contributed by atoms with Crippen molar-refractivity contribution in [1.82, 2.24) is 10.6 Å². The van der Waals surface area contributed by atoms with Crippen molar-refractivity contribution in [2.45, 2.75) is 26.4 Å². The molecule has 0 aromatic heterocycles. The average Bonchev–Trinajstić information content (AvgIpc) is 2.92. The van der Waals surface area contributed by atoms with Crippen LogP contribution in [0.4, 0.5) is 0 Å². The third-order valence-corrected chi connectivity index (χ3v) is 2.82. The second-order valence-corrected chi connectivity index (χ2v) is 4.86. The number of fused-ring (bicyclic) bond motifs is 1. The van der Waals surface area contributed by atoms with Gasteiger partial charge in [0.25, 0.3) is 5.91 Å². The fraction of sp³-hybridized carbons (Fsp3) is 0.333. The van der Waals surface area contributed by atoms with Crippen LogP contribution in [-0.4, -0.2) is 18.7 Å². The van der Waals surface area contributed by atoms with E-state index < -0.39 is 5.91 Å². The maximum absolute atomic E-state index is 11.9. The summed E-state index contributed by atoms with van der Waals surface area (Å²) in [7, 11) is 0. The number of hydrogen-bond donors (Lipinski definition) is 2. The highest BCUT2D eigenvalue weighted by atomic mass is 16.7. The van der Waals surface area contributed by atoms with Crippen LogP contribution in [0.5, 0.6) is 11.5 Å². The molecule has 0 saturated carbocycles. The molecule has 0 bridgehead atoms. The van der Waals surface area contributed by atoms with Crippen molar-refractivity contribution in [3.05, 3.63) is 35.5 Å². The van der Waals surface area contributed by atoms with Crippen molar-refractivity contribution in [2.75, 3.05) is 6.79 Å². The Morgan fingerprint density at radius 3 is 2.90 bits per heavy atom. The van der Waals surface area contributed by atoms with Crippen LogP contribution in [-0.2, 0) is 11.3 Å². The summed E-state index contributed by atoms with van der Waals surface area (Å²) in [5.74, 6) is 0.950. The average molecular weight is 287 g/mol. The number of ether oxygens (including phenoxy) is 2. The molecule has 1 heterocycles. The second kappa shape index (κ2) is 6.66. The molecule has 110 valence electrons. The molecule has 0 atom stereocenters. The summed E-state index contributed by atoms with van der Waals surface area (Å²) in [4.78, 5) is 11.9. The van der Waals surface area contributed by atoms with E-state index in [-0.39, 0.29) is 18.4 Å². The van der Waals surface area contributed by atoms with Gasteiger partial charge < -0.3 is 20.1 Å². The minimum absolute atomic E-state index is 0.0458. The van der Waals surface area contributed by atoms with Crippen LogP contribution in [0.2, 0.25) is 0 Å². The summed E-state index contributed by atoms with van der Waals surface area (Å²) in [6.45, 7) is 4.38. The van der Waals surface area contributed by atoms with E-state index in [9.17, 15) is 4.79 Å². The minimum Gasteiger partial charge on any atom is -0.454 e. The summed E-state index contributed by atoms with van der Waals surface area (Å²) < 4.78 is 10.5. The summed E-state index contributed by atoms with van der Waals surface area (Å²) in [5.41, 5.74) is 0.922. The normalized spacial score (nSPS) is 13.0. The van der Waals surface area contributed by atoms with E-state index in [1.165, 1.54) is 6.20 Å². The van der Waals surface area contributed by atoms with Crippen molar-refractivity contribution in [2.24, 2.45) is 0 Å². The molecule has 1 aromatic carbocycles. The van der Waals surface area contributed by atoms with E-state index in [1.807, 2.05) is 32.0 Å². The van der Waals surface area contributed by atoms with Crippen LogP contribution in [0, 0.1) is 11.3 Å². The number of carbonyl (C=O) groups excluding carboxylic acids is 1. The highest BCUT2D eigenvalue weighted by Crippen LogP contribution is 2.32. The molecule has 2 rings (SSSR count). The van der Waals surface area contributed by atoms with Gasteiger partial charge in [0.2, 0.25) is 6.79 Å². The van der Waals surface area contributed by atoms with E-state index in [0.717, 1.165) is 5.56 Å². The molecule has 1 aromatic rings. The van der Waals surface area contributed by atoms with Gasteiger partial charge in [-0.3, -0.25) is 4.79 Å². The molecule has 0 radical (unpaired) electrons. The molecular weight excluding hydrogens is 270 g/mol. The first-order chi connectivity index (χ1) is 10.1. The molecule has 1 aliphatic heterocycles. The standard InChI is InChI=1S/C15H17N3O3/c1-10(2)17-8-12(6-16)15(19)18-7-11-3-4-13-14(5-11)21-9-20-13/h3-5,8,10,17H,7,9H2,1-2H3,(H,18,19)/b12-8-. The van der Waals surface area contributed by atoms with Gasteiger partial charge in [-0.15, -0.1) is 0 Å². The van der Waals surface area contributed by atoms with Crippen molar-refractivity contribution in [3.63, 3.8) is 0 Å². The number of nitrogens with one attached hydrogen (secondary N) is 2. The first kappa shape index (κ1) is 14.7. The molecule has 0 fully saturated rings. The number of amides is 1. The number of rotatable bonds is 5. The Hall–Kier alpha value is -2.68. The van der Waals surface area contributed by atoms with Gasteiger partial charge in [0.15, 0.2) is 11.5 Å². The molecule has 0 unspecified atom stereocenters. The molecule has 0 spiro atoms. The largest absolute Gasteiger partial charge is 0.454 e. The van der Waals surface area contributed by atoms with Gasteiger partial charge in [0.1, 0.15) is 11.6 Å². The van der Waals surface area contributed by atoms with Gasteiger partial charge in [0.05, 0.1) is 0 Å². The number of benzene rings is 1. The maximum atomic E-state index is 11.9. The zero-order valence-corrected chi connectivity index (χ0v) is 12.0. The van der Waals surface area contributed by atoms with Crippen LogP contribution < -0.4 is 20.1 Å². The Labute approximate surface area is 123 Å². The Bertz CT molecular complexity index is 603. The zero-order chi connectivity index (χ0) is 15.2. The minimum atomic E-state index is -0.414.